The van der Waals surface area contributed by atoms with Crippen LogP contribution in [0.5, 0.6) is 0 Å². The predicted octanol–water partition coefficient (Wildman–Crippen LogP) is 2.53. The molecule has 0 unspecified atom stereocenters. The van der Waals surface area contributed by atoms with E-state index in [0.29, 0.717) is 0 Å². The van der Waals surface area contributed by atoms with Gasteiger partial charge >= 0.3 is 0 Å². The molecule has 90 valence electrons. The summed E-state index contributed by atoms with van der Waals surface area (Å²) < 4.78 is 2.13. The van der Waals surface area contributed by atoms with Gasteiger partial charge in [-0.3, -0.25) is 0 Å². The number of nitrogens with one attached hydrogen (secondary N) is 1. The second-order valence-electron chi connectivity index (χ2n) is 4.00. The molecular weight excluding hydrogens is 214 g/mol. The number of hydrogen-bond acceptors (Lipinski definition) is 4. The molecule has 0 fully saturated rings. The Morgan fingerprint density at radius 1 is 1.29 bits per heavy atom. The lowest BCUT2D eigenvalue weighted by molar-refractivity contribution is 0.637. The number of unbranched alkanes of at least 4 members (excludes halogenated alkanes) is 1. The number of hydrogen-bond donors (Lipinski definition) is 1. The molecule has 0 aromatic carbocycles. The molecule has 0 spiro atoms. The van der Waals surface area contributed by atoms with Gasteiger partial charge < -0.3 is 9.88 Å². The van der Waals surface area contributed by atoms with Crippen LogP contribution in [-0.4, -0.2) is 19.5 Å². The molecule has 0 saturated carbocycles. The van der Waals surface area contributed by atoms with Crippen molar-refractivity contribution in [2.75, 3.05) is 5.32 Å². The maximum absolute atomic E-state index is 4.46. The Bertz CT molecular complexity index is 463. The summed E-state index contributed by atoms with van der Waals surface area (Å²) in [5.74, 6) is 0.853. The van der Waals surface area contributed by atoms with Crippen molar-refractivity contribution >= 4 is 11.6 Å². The molecule has 0 saturated heterocycles. The molecule has 0 aliphatic rings. The summed E-state index contributed by atoms with van der Waals surface area (Å²) in [5, 5.41) is 3.23. The summed E-state index contributed by atoms with van der Waals surface area (Å²) >= 11 is 0. The first-order valence-electron chi connectivity index (χ1n) is 5.85. The highest BCUT2D eigenvalue weighted by Gasteiger charge is 2.05. The zero-order chi connectivity index (χ0) is 12.1. The van der Waals surface area contributed by atoms with Crippen LogP contribution in [0, 0.1) is 6.92 Å². The van der Waals surface area contributed by atoms with Gasteiger partial charge in [0, 0.05) is 12.7 Å². The quantitative estimate of drug-likeness (QED) is 0.859. The zero-order valence-corrected chi connectivity index (χ0v) is 10.2. The smallest absolute Gasteiger partial charge is 0.207 e. The van der Waals surface area contributed by atoms with Crippen molar-refractivity contribution in [1.82, 2.24) is 19.5 Å². The van der Waals surface area contributed by atoms with Gasteiger partial charge in [0.15, 0.2) is 0 Å². The molecule has 1 N–H and O–H groups in total. The van der Waals surface area contributed by atoms with E-state index in [4.69, 9.17) is 0 Å². The van der Waals surface area contributed by atoms with Crippen molar-refractivity contribution in [3.05, 3.63) is 30.6 Å². The second kappa shape index (κ2) is 5.43. The summed E-state index contributed by atoms with van der Waals surface area (Å²) in [5.41, 5.74) is 1.87. The number of aromatic nitrogens is 4. The molecule has 5 nitrogen and oxygen atoms in total. The molecule has 0 aliphatic heterocycles. The fourth-order valence-corrected chi connectivity index (χ4v) is 1.64. The van der Waals surface area contributed by atoms with Crippen molar-refractivity contribution in [2.45, 2.75) is 33.2 Å². The fourth-order valence-electron chi connectivity index (χ4n) is 1.64. The summed E-state index contributed by atoms with van der Waals surface area (Å²) in [4.78, 5) is 12.4. The predicted molar refractivity (Wildman–Crippen MR) is 67.2 cm³/mol. The second-order valence-corrected chi connectivity index (χ2v) is 4.00. The van der Waals surface area contributed by atoms with E-state index in [9.17, 15) is 0 Å². The standard InChI is InChI=1S/C12H17N5/c1-3-4-5-17-8-10(2)15-12(17)16-11-6-13-9-14-7-11/h6-9H,3-5H2,1-2H3,(H,15,16). The molecular formula is C12H17N5. The van der Waals surface area contributed by atoms with Crippen LogP contribution in [0.2, 0.25) is 0 Å². The van der Waals surface area contributed by atoms with Crippen LogP contribution < -0.4 is 5.32 Å². The number of nitrogens with zero attached hydrogens (tertiary/aromatic N) is 4. The molecule has 0 amide bonds. The van der Waals surface area contributed by atoms with Crippen LogP contribution in [0.15, 0.2) is 24.9 Å². The Morgan fingerprint density at radius 3 is 2.76 bits per heavy atom. The maximum atomic E-state index is 4.46. The van der Waals surface area contributed by atoms with E-state index in [-0.39, 0.29) is 0 Å². The van der Waals surface area contributed by atoms with E-state index in [2.05, 4.69) is 38.0 Å². The molecule has 2 rings (SSSR count). The van der Waals surface area contributed by atoms with Crippen molar-refractivity contribution in [3.63, 3.8) is 0 Å². The third-order valence-electron chi connectivity index (χ3n) is 2.47. The van der Waals surface area contributed by atoms with Gasteiger partial charge in [0.25, 0.3) is 0 Å². The molecule has 0 aliphatic carbocycles. The number of aryl methyl sites for hydroxylation is 2. The topological polar surface area (TPSA) is 55.6 Å². The normalized spacial score (nSPS) is 10.5. The van der Waals surface area contributed by atoms with E-state index in [1.807, 2.05) is 6.92 Å². The Hall–Kier alpha value is -1.91. The van der Waals surface area contributed by atoms with Crippen molar-refractivity contribution < 1.29 is 0 Å². The summed E-state index contributed by atoms with van der Waals surface area (Å²) in [6.45, 7) is 5.16. The lowest BCUT2D eigenvalue weighted by Gasteiger charge is -2.08. The van der Waals surface area contributed by atoms with Gasteiger partial charge in [-0.1, -0.05) is 13.3 Å². The van der Waals surface area contributed by atoms with E-state index in [1.165, 1.54) is 12.7 Å². The van der Waals surface area contributed by atoms with Crippen LogP contribution in [0.1, 0.15) is 25.5 Å². The van der Waals surface area contributed by atoms with E-state index >= 15 is 0 Å². The Morgan fingerprint density at radius 2 is 2.06 bits per heavy atom. The first-order chi connectivity index (χ1) is 8.29. The van der Waals surface area contributed by atoms with Gasteiger partial charge in [-0.2, -0.15) is 0 Å². The first kappa shape index (κ1) is 11.6. The van der Waals surface area contributed by atoms with Gasteiger partial charge in [0.1, 0.15) is 6.33 Å². The SMILES string of the molecule is CCCCn1cc(C)nc1Nc1cncnc1. The molecule has 17 heavy (non-hydrogen) atoms. The van der Waals surface area contributed by atoms with Gasteiger partial charge in [-0.15, -0.1) is 0 Å². The molecule has 0 atom stereocenters. The minimum absolute atomic E-state index is 0.853. The molecule has 2 aromatic rings. The van der Waals surface area contributed by atoms with Crippen LogP contribution in [0.25, 0.3) is 0 Å². The summed E-state index contributed by atoms with van der Waals surface area (Å²) in [7, 11) is 0. The van der Waals surface area contributed by atoms with E-state index in [1.54, 1.807) is 12.4 Å². The monoisotopic (exact) mass is 231 g/mol. The minimum atomic E-state index is 0.853. The highest BCUT2D eigenvalue weighted by molar-refractivity contribution is 5.50. The summed E-state index contributed by atoms with van der Waals surface area (Å²) in [6.07, 6.45) is 9.37. The molecule has 0 radical (unpaired) electrons. The van der Waals surface area contributed by atoms with Crippen LogP contribution in [0.3, 0.4) is 0 Å². The van der Waals surface area contributed by atoms with E-state index in [0.717, 1.165) is 30.3 Å². The minimum Gasteiger partial charge on any atom is -0.323 e. The Kier molecular flexibility index (Phi) is 3.69. The van der Waals surface area contributed by atoms with Crippen molar-refractivity contribution in [1.29, 1.82) is 0 Å². The van der Waals surface area contributed by atoms with Crippen LogP contribution >= 0.6 is 0 Å². The highest BCUT2D eigenvalue weighted by Crippen LogP contribution is 2.15. The van der Waals surface area contributed by atoms with Crippen molar-refractivity contribution in [3.8, 4) is 0 Å². The molecule has 5 heteroatoms. The molecule has 2 heterocycles. The Balaban J connectivity index is 2.14. The zero-order valence-electron chi connectivity index (χ0n) is 10.2. The largest absolute Gasteiger partial charge is 0.323 e. The average Bonchev–Trinajstić information content (AvgIpc) is 2.68. The third kappa shape index (κ3) is 3.03. The fraction of sp³-hybridized carbons (Fsp3) is 0.417. The Labute approximate surface area is 101 Å². The molecule has 0 bridgehead atoms. The lowest BCUT2D eigenvalue weighted by Crippen LogP contribution is -2.03. The first-order valence-corrected chi connectivity index (χ1v) is 5.85. The highest BCUT2D eigenvalue weighted by atomic mass is 15.2. The maximum Gasteiger partial charge on any atom is 0.207 e. The third-order valence-corrected chi connectivity index (χ3v) is 2.47. The van der Waals surface area contributed by atoms with Gasteiger partial charge in [-0.25, -0.2) is 15.0 Å². The number of anilines is 2. The van der Waals surface area contributed by atoms with Crippen LogP contribution in [0.4, 0.5) is 11.6 Å². The summed E-state index contributed by atoms with van der Waals surface area (Å²) in [6, 6.07) is 0. The average molecular weight is 231 g/mol. The van der Waals surface area contributed by atoms with Gasteiger partial charge in [-0.05, 0) is 13.3 Å². The van der Waals surface area contributed by atoms with E-state index < -0.39 is 0 Å². The van der Waals surface area contributed by atoms with Crippen molar-refractivity contribution in [2.24, 2.45) is 0 Å². The molecule has 2 aromatic heterocycles. The van der Waals surface area contributed by atoms with Crippen LogP contribution in [-0.2, 0) is 6.54 Å². The lowest BCUT2D eigenvalue weighted by atomic mass is 10.3. The van der Waals surface area contributed by atoms with Gasteiger partial charge in [0.2, 0.25) is 5.95 Å². The van der Waals surface area contributed by atoms with Gasteiger partial charge in [0.05, 0.1) is 23.8 Å². The number of imidazole rings is 1. The number of rotatable bonds is 5.